The van der Waals surface area contributed by atoms with Crippen LogP contribution in [-0.2, 0) is 6.54 Å². The van der Waals surface area contributed by atoms with Crippen LogP contribution in [0.25, 0.3) is 0 Å². The highest BCUT2D eigenvalue weighted by Gasteiger charge is 2.21. The van der Waals surface area contributed by atoms with Gasteiger partial charge in [0.05, 0.1) is 6.10 Å². The third-order valence-electron chi connectivity index (χ3n) is 4.17. The molecular weight excluding hydrogens is 246 g/mol. The van der Waals surface area contributed by atoms with Crippen molar-refractivity contribution in [2.75, 3.05) is 0 Å². The van der Waals surface area contributed by atoms with Gasteiger partial charge in [0.2, 0.25) is 0 Å². The lowest BCUT2D eigenvalue weighted by atomic mass is 9.88. The molecule has 1 saturated carbocycles. The zero-order valence-corrected chi connectivity index (χ0v) is 13.4. The Bertz CT molecular complexity index is 427. The molecule has 1 aromatic carbocycles. The number of rotatable bonds is 5. The van der Waals surface area contributed by atoms with E-state index < -0.39 is 0 Å². The van der Waals surface area contributed by atoms with E-state index in [-0.39, 0.29) is 0 Å². The summed E-state index contributed by atoms with van der Waals surface area (Å²) in [6.45, 7) is 9.74. The zero-order valence-electron chi connectivity index (χ0n) is 13.4. The molecule has 2 rings (SSSR count). The Labute approximate surface area is 123 Å². The van der Waals surface area contributed by atoms with Crippen LogP contribution in [0.5, 0.6) is 5.75 Å². The van der Waals surface area contributed by atoms with Crippen LogP contribution in [0.1, 0.15) is 57.6 Å². The summed E-state index contributed by atoms with van der Waals surface area (Å²) >= 11 is 0. The summed E-state index contributed by atoms with van der Waals surface area (Å²) in [6.07, 6.45) is 5.46. The third-order valence-corrected chi connectivity index (χ3v) is 4.17. The van der Waals surface area contributed by atoms with Gasteiger partial charge >= 0.3 is 0 Å². The minimum absolute atomic E-state index is 0.401. The molecule has 0 heterocycles. The molecule has 1 aromatic rings. The minimum Gasteiger partial charge on any atom is -0.490 e. The van der Waals surface area contributed by atoms with E-state index in [1.54, 1.807) is 0 Å². The van der Waals surface area contributed by atoms with Gasteiger partial charge in [-0.2, -0.15) is 0 Å². The second kappa shape index (κ2) is 7.12. The molecule has 0 spiro atoms. The molecule has 0 bridgehead atoms. The van der Waals surface area contributed by atoms with Crippen LogP contribution in [-0.4, -0.2) is 12.1 Å². The van der Waals surface area contributed by atoms with Crippen LogP contribution in [0, 0.1) is 12.8 Å². The fraction of sp³-hybridized carbons (Fsp3) is 0.667. The van der Waals surface area contributed by atoms with E-state index in [4.69, 9.17) is 4.74 Å². The lowest BCUT2D eigenvalue weighted by molar-refractivity contribution is 0.127. The Morgan fingerprint density at radius 1 is 1.30 bits per heavy atom. The standard InChI is InChI=1S/C18H29NO/c1-13(2)19-12-16-9-6-8-15(4)18(16)20-17-10-5-7-14(3)11-17/h6,8-9,13-14,17,19H,5,7,10-12H2,1-4H3. The smallest absolute Gasteiger partial charge is 0.127 e. The van der Waals surface area contributed by atoms with Gasteiger partial charge in [-0.05, 0) is 37.7 Å². The molecule has 2 unspecified atom stereocenters. The summed E-state index contributed by atoms with van der Waals surface area (Å²) in [5.41, 5.74) is 2.54. The molecule has 1 aliphatic rings. The zero-order chi connectivity index (χ0) is 14.5. The molecule has 20 heavy (non-hydrogen) atoms. The van der Waals surface area contributed by atoms with Gasteiger partial charge in [0, 0.05) is 18.2 Å². The van der Waals surface area contributed by atoms with Gasteiger partial charge in [-0.1, -0.05) is 45.4 Å². The van der Waals surface area contributed by atoms with Crippen LogP contribution >= 0.6 is 0 Å². The normalized spacial score (nSPS) is 23.1. The molecule has 1 N–H and O–H groups in total. The van der Waals surface area contributed by atoms with Gasteiger partial charge in [0.1, 0.15) is 5.75 Å². The molecule has 2 nitrogen and oxygen atoms in total. The number of ether oxygens (including phenoxy) is 1. The van der Waals surface area contributed by atoms with Crippen molar-refractivity contribution in [3.8, 4) is 5.75 Å². The molecule has 0 saturated heterocycles. The highest BCUT2D eigenvalue weighted by Crippen LogP contribution is 2.31. The van der Waals surface area contributed by atoms with Crippen molar-refractivity contribution >= 4 is 0 Å². The maximum absolute atomic E-state index is 6.38. The molecule has 1 fully saturated rings. The lowest BCUT2D eigenvalue weighted by Crippen LogP contribution is -2.26. The maximum atomic E-state index is 6.38. The van der Waals surface area contributed by atoms with Crippen molar-refractivity contribution in [1.29, 1.82) is 0 Å². The van der Waals surface area contributed by atoms with Gasteiger partial charge in [0.15, 0.2) is 0 Å². The van der Waals surface area contributed by atoms with Crippen LogP contribution < -0.4 is 10.1 Å². The Balaban J connectivity index is 2.08. The van der Waals surface area contributed by atoms with Crippen molar-refractivity contribution < 1.29 is 4.74 Å². The molecular formula is C18H29NO. The Hall–Kier alpha value is -1.02. The number of hydrogen-bond donors (Lipinski definition) is 1. The summed E-state index contributed by atoms with van der Waals surface area (Å²) in [4.78, 5) is 0. The average Bonchev–Trinajstić information content (AvgIpc) is 2.39. The molecule has 0 radical (unpaired) electrons. The lowest BCUT2D eigenvalue weighted by Gasteiger charge is -2.29. The largest absolute Gasteiger partial charge is 0.490 e. The number of nitrogens with one attached hydrogen (secondary N) is 1. The molecule has 2 atom stereocenters. The molecule has 112 valence electrons. The van der Waals surface area contributed by atoms with E-state index in [0.29, 0.717) is 12.1 Å². The first kappa shape index (κ1) is 15.4. The van der Waals surface area contributed by atoms with Crippen LogP contribution in [0.15, 0.2) is 18.2 Å². The maximum Gasteiger partial charge on any atom is 0.127 e. The van der Waals surface area contributed by atoms with Crippen molar-refractivity contribution in [1.82, 2.24) is 5.32 Å². The van der Waals surface area contributed by atoms with Gasteiger partial charge in [-0.15, -0.1) is 0 Å². The Morgan fingerprint density at radius 3 is 2.80 bits per heavy atom. The molecule has 0 aliphatic heterocycles. The highest BCUT2D eigenvalue weighted by atomic mass is 16.5. The van der Waals surface area contributed by atoms with E-state index in [9.17, 15) is 0 Å². The van der Waals surface area contributed by atoms with E-state index >= 15 is 0 Å². The minimum atomic E-state index is 0.401. The average molecular weight is 275 g/mol. The first-order valence-corrected chi connectivity index (χ1v) is 8.04. The van der Waals surface area contributed by atoms with Crippen molar-refractivity contribution in [2.24, 2.45) is 5.92 Å². The fourth-order valence-electron chi connectivity index (χ4n) is 2.99. The molecule has 1 aliphatic carbocycles. The SMILES string of the molecule is Cc1cccc(CNC(C)C)c1OC1CCCC(C)C1. The van der Waals surface area contributed by atoms with Crippen LogP contribution in [0.2, 0.25) is 0 Å². The topological polar surface area (TPSA) is 21.3 Å². The second-order valence-electron chi connectivity index (χ2n) is 6.61. The van der Waals surface area contributed by atoms with Crippen LogP contribution in [0.4, 0.5) is 0 Å². The Morgan fingerprint density at radius 2 is 2.10 bits per heavy atom. The summed E-state index contributed by atoms with van der Waals surface area (Å²) in [5.74, 6) is 1.91. The monoisotopic (exact) mass is 275 g/mol. The predicted octanol–water partition coefficient (Wildman–Crippen LogP) is 4.45. The summed E-state index contributed by atoms with van der Waals surface area (Å²) in [6, 6.07) is 6.96. The fourth-order valence-corrected chi connectivity index (χ4v) is 2.99. The van der Waals surface area contributed by atoms with Crippen molar-refractivity contribution in [2.45, 2.75) is 72.1 Å². The number of aryl methyl sites for hydroxylation is 1. The second-order valence-corrected chi connectivity index (χ2v) is 6.61. The molecule has 0 aromatic heterocycles. The van der Waals surface area contributed by atoms with Crippen molar-refractivity contribution in [3.63, 3.8) is 0 Å². The highest BCUT2D eigenvalue weighted by molar-refractivity contribution is 5.41. The first-order chi connectivity index (χ1) is 9.56. The van der Waals surface area contributed by atoms with E-state index in [2.05, 4.69) is 51.2 Å². The van der Waals surface area contributed by atoms with Gasteiger partial charge < -0.3 is 10.1 Å². The van der Waals surface area contributed by atoms with Gasteiger partial charge in [0.25, 0.3) is 0 Å². The third kappa shape index (κ3) is 4.24. The molecule has 0 amide bonds. The quantitative estimate of drug-likeness (QED) is 0.857. The van der Waals surface area contributed by atoms with Crippen LogP contribution in [0.3, 0.4) is 0 Å². The Kier molecular flexibility index (Phi) is 5.47. The predicted molar refractivity (Wildman–Crippen MR) is 85.2 cm³/mol. The summed E-state index contributed by atoms with van der Waals surface area (Å²) < 4.78 is 6.38. The summed E-state index contributed by atoms with van der Waals surface area (Å²) in [5, 5.41) is 3.50. The summed E-state index contributed by atoms with van der Waals surface area (Å²) in [7, 11) is 0. The van der Waals surface area contributed by atoms with Crippen molar-refractivity contribution in [3.05, 3.63) is 29.3 Å². The number of para-hydroxylation sites is 1. The van der Waals surface area contributed by atoms with E-state index in [1.807, 2.05) is 0 Å². The van der Waals surface area contributed by atoms with E-state index in [1.165, 1.54) is 36.8 Å². The molecule has 2 heteroatoms. The first-order valence-electron chi connectivity index (χ1n) is 8.04. The number of hydrogen-bond acceptors (Lipinski definition) is 2. The van der Waals surface area contributed by atoms with Gasteiger partial charge in [-0.3, -0.25) is 0 Å². The van der Waals surface area contributed by atoms with E-state index in [0.717, 1.165) is 18.2 Å². The van der Waals surface area contributed by atoms with Gasteiger partial charge in [-0.25, -0.2) is 0 Å². The number of benzene rings is 1.